The minimum atomic E-state index is -0.847. The molecule has 1 fully saturated rings. The van der Waals surface area contributed by atoms with E-state index < -0.39 is 11.9 Å². The summed E-state index contributed by atoms with van der Waals surface area (Å²) in [6.45, 7) is 1.86. The molecule has 0 aliphatic heterocycles. The minimum Gasteiger partial charge on any atom is -0.481 e. The second-order valence-electron chi connectivity index (χ2n) is 4.77. The molecule has 1 aromatic heterocycles. The standard InChI is InChI=1S/C13H17N3O3/c1-8-5-6-9(7-14-8)15-13(19)16-11-4-2-3-10(11)12(17)18/h5-7,10-11H,2-4H2,1H3,(H,17,18)(H2,15,16,19). The Morgan fingerprint density at radius 2 is 2.16 bits per heavy atom. The number of carbonyl (C=O) groups excluding carboxylic acids is 1. The maximum absolute atomic E-state index is 11.8. The van der Waals surface area contributed by atoms with Gasteiger partial charge in [0.2, 0.25) is 0 Å². The summed E-state index contributed by atoms with van der Waals surface area (Å²) in [6.07, 6.45) is 3.72. The number of amides is 2. The van der Waals surface area contributed by atoms with Crippen molar-refractivity contribution in [3.8, 4) is 0 Å². The van der Waals surface area contributed by atoms with Crippen molar-refractivity contribution in [2.24, 2.45) is 5.92 Å². The highest BCUT2D eigenvalue weighted by atomic mass is 16.4. The van der Waals surface area contributed by atoms with Crippen molar-refractivity contribution in [1.29, 1.82) is 0 Å². The Balaban J connectivity index is 1.90. The Morgan fingerprint density at radius 3 is 2.79 bits per heavy atom. The van der Waals surface area contributed by atoms with Gasteiger partial charge in [-0.05, 0) is 31.9 Å². The topological polar surface area (TPSA) is 91.3 Å². The summed E-state index contributed by atoms with van der Waals surface area (Å²) in [4.78, 5) is 26.9. The molecule has 2 unspecified atom stereocenters. The van der Waals surface area contributed by atoms with E-state index in [1.54, 1.807) is 18.3 Å². The Morgan fingerprint density at radius 1 is 1.37 bits per heavy atom. The number of carbonyl (C=O) groups is 2. The molecule has 0 radical (unpaired) electrons. The van der Waals surface area contributed by atoms with E-state index in [4.69, 9.17) is 5.11 Å². The summed E-state index contributed by atoms with van der Waals surface area (Å²) >= 11 is 0. The second-order valence-corrected chi connectivity index (χ2v) is 4.77. The summed E-state index contributed by atoms with van der Waals surface area (Å²) in [5, 5.41) is 14.4. The first kappa shape index (κ1) is 13.3. The molecule has 6 nitrogen and oxygen atoms in total. The van der Waals surface area contributed by atoms with E-state index in [0.29, 0.717) is 18.5 Å². The molecule has 6 heteroatoms. The highest BCUT2D eigenvalue weighted by Crippen LogP contribution is 2.25. The fourth-order valence-corrected chi connectivity index (χ4v) is 2.31. The molecule has 1 aromatic rings. The van der Waals surface area contributed by atoms with Crippen LogP contribution in [0.25, 0.3) is 0 Å². The van der Waals surface area contributed by atoms with Gasteiger partial charge in [0, 0.05) is 11.7 Å². The third kappa shape index (κ3) is 3.43. The van der Waals surface area contributed by atoms with Gasteiger partial charge >= 0.3 is 12.0 Å². The number of nitrogens with one attached hydrogen (secondary N) is 2. The molecule has 3 N–H and O–H groups in total. The van der Waals surface area contributed by atoms with Crippen LogP contribution in [0.5, 0.6) is 0 Å². The number of rotatable bonds is 3. The van der Waals surface area contributed by atoms with Gasteiger partial charge in [-0.2, -0.15) is 0 Å². The van der Waals surface area contributed by atoms with E-state index in [1.165, 1.54) is 0 Å². The zero-order valence-corrected chi connectivity index (χ0v) is 10.7. The third-order valence-corrected chi connectivity index (χ3v) is 3.32. The van der Waals surface area contributed by atoms with Crippen LogP contribution in [0, 0.1) is 12.8 Å². The third-order valence-electron chi connectivity index (χ3n) is 3.32. The van der Waals surface area contributed by atoms with Gasteiger partial charge in [-0.1, -0.05) is 6.42 Å². The summed E-state index contributed by atoms with van der Waals surface area (Å²) < 4.78 is 0. The molecule has 0 saturated heterocycles. The number of aryl methyl sites for hydroxylation is 1. The number of carboxylic acid groups (broad SMARTS) is 1. The van der Waals surface area contributed by atoms with Crippen LogP contribution in [0.4, 0.5) is 10.5 Å². The Labute approximate surface area is 111 Å². The van der Waals surface area contributed by atoms with Crippen molar-refractivity contribution in [2.45, 2.75) is 32.2 Å². The van der Waals surface area contributed by atoms with E-state index in [-0.39, 0.29) is 12.1 Å². The van der Waals surface area contributed by atoms with Gasteiger partial charge in [0.25, 0.3) is 0 Å². The van der Waals surface area contributed by atoms with Crippen LogP contribution in [-0.4, -0.2) is 28.1 Å². The molecule has 2 rings (SSSR count). The molecule has 19 heavy (non-hydrogen) atoms. The van der Waals surface area contributed by atoms with Gasteiger partial charge in [0.1, 0.15) is 0 Å². The molecule has 1 saturated carbocycles. The van der Waals surface area contributed by atoms with Crippen LogP contribution in [0.15, 0.2) is 18.3 Å². The maximum atomic E-state index is 11.8. The van der Waals surface area contributed by atoms with Crippen molar-refractivity contribution < 1.29 is 14.7 Å². The number of urea groups is 1. The lowest BCUT2D eigenvalue weighted by Gasteiger charge is -2.17. The average molecular weight is 263 g/mol. The fourth-order valence-electron chi connectivity index (χ4n) is 2.31. The van der Waals surface area contributed by atoms with E-state index in [0.717, 1.165) is 12.1 Å². The number of aliphatic carboxylic acids is 1. The summed E-state index contributed by atoms with van der Waals surface area (Å²) in [5.41, 5.74) is 1.46. The molecule has 0 bridgehead atoms. The molecule has 2 atom stereocenters. The van der Waals surface area contributed by atoms with Gasteiger partial charge in [0.05, 0.1) is 17.8 Å². The lowest BCUT2D eigenvalue weighted by Crippen LogP contribution is -2.42. The molecule has 1 heterocycles. The molecule has 0 aromatic carbocycles. The minimum absolute atomic E-state index is 0.295. The zero-order valence-electron chi connectivity index (χ0n) is 10.7. The van der Waals surface area contributed by atoms with E-state index >= 15 is 0 Å². The summed E-state index contributed by atoms with van der Waals surface area (Å²) in [6, 6.07) is 2.87. The van der Waals surface area contributed by atoms with Crippen molar-refractivity contribution >= 4 is 17.7 Å². The predicted molar refractivity (Wildman–Crippen MR) is 69.9 cm³/mol. The zero-order chi connectivity index (χ0) is 13.8. The van der Waals surface area contributed by atoms with Crippen LogP contribution in [0.3, 0.4) is 0 Å². The number of pyridine rings is 1. The van der Waals surface area contributed by atoms with Crippen molar-refractivity contribution in [1.82, 2.24) is 10.3 Å². The number of hydrogen-bond acceptors (Lipinski definition) is 3. The molecule has 2 amide bonds. The number of nitrogens with zero attached hydrogens (tertiary/aromatic N) is 1. The lowest BCUT2D eigenvalue weighted by atomic mass is 10.0. The molecule has 1 aliphatic carbocycles. The molecule has 102 valence electrons. The van der Waals surface area contributed by atoms with Crippen LogP contribution >= 0.6 is 0 Å². The highest BCUT2D eigenvalue weighted by molar-refractivity contribution is 5.89. The number of aromatic nitrogens is 1. The fraction of sp³-hybridized carbons (Fsp3) is 0.462. The number of hydrogen-bond donors (Lipinski definition) is 3. The first-order valence-electron chi connectivity index (χ1n) is 6.29. The van der Waals surface area contributed by atoms with Gasteiger partial charge in [0.15, 0.2) is 0 Å². The van der Waals surface area contributed by atoms with Gasteiger partial charge < -0.3 is 15.7 Å². The van der Waals surface area contributed by atoms with Gasteiger partial charge in [-0.3, -0.25) is 9.78 Å². The summed E-state index contributed by atoms with van der Waals surface area (Å²) in [7, 11) is 0. The normalized spacial score (nSPS) is 21.9. The lowest BCUT2D eigenvalue weighted by molar-refractivity contribution is -0.142. The van der Waals surface area contributed by atoms with E-state index in [9.17, 15) is 9.59 Å². The van der Waals surface area contributed by atoms with Crippen LogP contribution < -0.4 is 10.6 Å². The van der Waals surface area contributed by atoms with Gasteiger partial charge in [-0.25, -0.2) is 4.79 Å². The average Bonchev–Trinajstić information content (AvgIpc) is 2.80. The van der Waals surface area contributed by atoms with Crippen LogP contribution in [-0.2, 0) is 4.79 Å². The monoisotopic (exact) mass is 263 g/mol. The van der Waals surface area contributed by atoms with Crippen molar-refractivity contribution in [2.75, 3.05) is 5.32 Å². The largest absolute Gasteiger partial charge is 0.481 e. The van der Waals surface area contributed by atoms with E-state index in [1.807, 2.05) is 6.92 Å². The maximum Gasteiger partial charge on any atom is 0.319 e. The Hall–Kier alpha value is -2.11. The Kier molecular flexibility index (Phi) is 3.99. The molecular formula is C13H17N3O3. The smallest absolute Gasteiger partial charge is 0.319 e. The SMILES string of the molecule is Cc1ccc(NC(=O)NC2CCCC2C(=O)O)cn1. The van der Waals surface area contributed by atoms with Crippen LogP contribution in [0.2, 0.25) is 0 Å². The first-order valence-corrected chi connectivity index (χ1v) is 6.29. The number of anilines is 1. The first-order chi connectivity index (χ1) is 9.06. The van der Waals surface area contributed by atoms with Crippen LogP contribution in [0.1, 0.15) is 25.0 Å². The van der Waals surface area contributed by atoms with Gasteiger partial charge in [-0.15, -0.1) is 0 Å². The molecule has 0 spiro atoms. The molecule has 1 aliphatic rings. The molecular weight excluding hydrogens is 246 g/mol. The summed E-state index contributed by atoms with van der Waals surface area (Å²) in [5.74, 6) is -1.33. The highest BCUT2D eigenvalue weighted by Gasteiger charge is 2.33. The number of carboxylic acids is 1. The quantitative estimate of drug-likeness (QED) is 0.775. The second kappa shape index (κ2) is 5.69. The predicted octanol–water partition coefficient (Wildman–Crippen LogP) is 1.76. The van der Waals surface area contributed by atoms with Crippen molar-refractivity contribution in [3.05, 3.63) is 24.0 Å². The van der Waals surface area contributed by atoms with Crippen molar-refractivity contribution in [3.63, 3.8) is 0 Å². The van der Waals surface area contributed by atoms with E-state index in [2.05, 4.69) is 15.6 Å². The Bertz CT molecular complexity index is 473.